The third-order valence-electron chi connectivity index (χ3n) is 5.52. The summed E-state index contributed by atoms with van der Waals surface area (Å²) in [7, 11) is 1.37. The van der Waals surface area contributed by atoms with Crippen molar-refractivity contribution >= 4 is 40.4 Å². The Morgan fingerprint density at radius 2 is 1.96 bits per heavy atom. The van der Waals surface area contributed by atoms with Gasteiger partial charge in [-0.25, -0.2) is 0 Å². The zero-order valence-electron chi connectivity index (χ0n) is 15.6. The molecule has 0 saturated heterocycles. The smallest absolute Gasteiger partial charge is 0.315 e. The van der Waals surface area contributed by atoms with E-state index >= 15 is 0 Å². The Hall–Kier alpha value is -2.24. The molecule has 3 atom stereocenters. The number of hydrogen-bond donors (Lipinski definition) is 0. The van der Waals surface area contributed by atoms with E-state index in [0.29, 0.717) is 29.1 Å². The van der Waals surface area contributed by atoms with Crippen LogP contribution in [-0.4, -0.2) is 24.6 Å². The average molecular weight is 414 g/mol. The topological polar surface area (TPSA) is 55.7 Å². The van der Waals surface area contributed by atoms with Crippen molar-refractivity contribution in [3.63, 3.8) is 0 Å². The Balaban J connectivity index is 1.82. The van der Waals surface area contributed by atoms with Crippen LogP contribution in [0, 0.1) is 5.92 Å². The Kier molecular flexibility index (Phi) is 5.21. The fourth-order valence-corrected chi connectivity index (χ4v) is 5.20. The largest absolute Gasteiger partial charge is 0.468 e. The van der Waals surface area contributed by atoms with Gasteiger partial charge in [-0.3, -0.25) is 14.6 Å². The highest BCUT2D eigenvalue weighted by atomic mass is 35.5. The molecule has 6 heteroatoms. The zero-order chi connectivity index (χ0) is 19.8. The number of carbonyl (C=O) groups is 2. The van der Waals surface area contributed by atoms with E-state index in [9.17, 15) is 9.59 Å². The molecule has 0 fully saturated rings. The fourth-order valence-electron chi connectivity index (χ4n) is 4.25. The molecule has 0 amide bonds. The van der Waals surface area contributed by atoms with Crippen molar-refractivity contribution in [3.8, 4) is 0 Å². The highest BCUT2D eigenvalue weighted by Gasteiger charge is 2.44. The van der Waals surface area contributed by atoms with Crippen molar-refractivity contribution in [3.05, 3.63) is 68.5 Å². The molecule has 0 saturated carbocycles. The molecule has 4 rings (SSSR count). The summed E-state index contributed by atoms with van der Waals surface area (Å²) >= 11 is 7.72. The second kappa shape index (κ2) is 7.64. The number of esters is 1. The summed E-state index contributed by atoms with van der Waals surface area (Å²) in [6.45, 7) is 1.84. The van der Waals surface area contributed by atoms with Gasteiger partial charge in [0.25, 0.3) is 0 Å². The number of halogens is 1. The third-order valence-corrected chi connectivity index (χ3v) is 6.81. The summed E-state index contributed by atoms with van der Waals surface area (Å²) in [6.07, 6.45) is 1.14. The molecule has 2 aliphatic rings. The first-order valence-corrected chi connectivity index (χ1v) is 10.4. The minimum Gasteiger partial charge on any atom is -0.468 e. The highest BCUT2D eigenvalue weighted by molar-refractivity contribution is 7.10. The second-order valence-corrected chi connectivity index (χ2v) is 8.60. The number of allylic oxidation sites excluding steroid dienone is 2. The summed E-state index contributed by atoms with van der Waals surface area (Å²) in [4.78, 5) is 31.8. The molecule has 28 heavy (non-hydrogen) atoms. The molecular weight excluding hydrogens is 394 g/mol. The molecular formula is C22H20ClNO3S. The summed E-state index contributed by atoms with van der Waals surface area (Å²) in [5.74, 6) is -1.17. The monoisotopic (exact) mass is 413 g/mol. The first-order chi connectivity index (χ1) is 13.5. The molecule has 1 unspecified atom stereocenters. The van der Waals surface area contributed by atoms with Gasteiger partial charge in [-0.15, -0.1) is 11.3 Å². The van der Waals surface area contributed by atoms with Gasteiger partial charge in [0.15, 0.2) is 5.78 Å². The van der Waals surface area contributed by atoms with Crippen molar-refractivity contribution < 1.29 is 14.3 Å². The van der Waals surface area contributed by atoms with Crippen LogP contribution in [0.4, 0.5) is 0 Å². The van der Waals surface area contributed by atoms with Gasteiger partial charge < -0.3 is 4.74 Å². The predicted octanol–water partition coefficient (Wildman–Crippen LogP) is 5.15. The lowest BCUT2D eigenvalue weighted by Crippen LogP contribution is -2.37. The number of ketones is 1. The van der Waals surface area contributed by atoms with Gasteiger partial charge in [0.05, 0.1) is 7.11 Å². The number of nitrogens with zero attached hydrogens (tertiary/aromatic N) is 1. The van der Waals surface area contributed by atoms with Crippen molar-refractivity contribution in [2.45, 2.75) is 31.6 Å². The van der Waals surface area contributed by atoms with E-state index in [1.807, 2.05) is 30.5 Å². The van der Waals surface area contributed by atoms with Crippen LogP contribution in [0.15, 0.2) is 58.0 Å². The fraction of sp³-hybridized carbons (Fsp3) is 0.318. The molecule has 4 nitrogen and oxygen atoms in total. The molecule has 1 aliphatic carbocycles. The van der Waals surface area contributed by atoms with Gasteiger partial charge in [-0.2, -0.15) is 0 Å². The Morgan fingerprint density at radius 1 is 1.21 bits per heavy atom. The molecule has 1 aliphatic heterocycles. The SMILES string of the molecule is COC(=O)C1C(C)=NC2=C(C(=O)C[C@@H](c3cccs3)C2)[C@H]1c1ccc(Cl)cc1. The lowest BCUT2D eigenvalue weighted by Gasteiger charge is -2.36. The quantitative estimate of drug-likeness (QED) is 0.654. The first-order valence-electron chi connectivity index (χ1n) is 9.17. The lowest BCUT2D eigenvalue weighted by atomic mass is 9.70. The zero-order valence-corrected chi connectivity index (χ0v) is 17.2. The van der Waals surface area contributed by atoms with E-state index in [2.05, 4.69) is 6.07 Å². The molecule has 1 aromatic heterocycles. The van der Waals surface area contributed by atoms with Crippen LogP contribution < -0.4 is 0 Å². The normalized spacial score (nSPS) is 24.6. The van der Waals surface area contributed by atoms with Crippen LogP contribution in [0.3, 0.4) is 0 Å². The highest BCUT2D eigenvalue weighted by Crippen LogP contribution is 2.47. The van der Waals surface area contributed by atoms with Crippen LogP contribution >= 0.6 is 22.9 Å². The minimum atomic E-state index is -0.604. The molecule has 2 aromatic rings. The van der Waals surface area contributed by atoms with Gasteiger partial charge in [0, 0.05) is 45.1 Å². The number of hydrogen-bond acceptors (Lipinski definition) is 5. The van der Waals surface area contributed by atoms with E-state index < -0.39 is 11.8 Å². The minimum absolute atomic E-state index is 0.0600. The molecule has 144 valence electrons. The van der Waals surface area contributed by atoms with Gasteiger partial charge in [0.2, 0.25) is 0 Å². The van der Waals surface area contributed by atoms with E-state index in [-0.39, 0.29) is 17.7 Å². The summed E-state index contributed by atoms with van der Waals surface area (Å²) < 4.78 is 5.05. The number of thiophene rings is 1. The standard InChI is InChI=1S/C22H20ClNO3S/c1-12-19(22(26)27-2)20(13-5-7-15(23)8-6-13)21-16(24-12)10-14(11-17(21)25)18-4-3-9-28-18/h3-9,14,19-20H,10-11H2,1-2H3/t14-,19?,20-/m0/s1. The second-order valence-electron chi connectivity index (χ2n) is 7.19. The van der Waals surface area contributed by atoms with Crippen LogP contribution in [0.5, 0.6) is 0 Å². The van der Waals surface area contributed by atoms with Crippen LogP contribution in [-0.2, 0) is 14.3 Å². The van der Waals surface area contributed by atoms with E-state index in [1.54, 1.807) is 23.5 Å². The van der Waals surface area contributed by atoms with Gasteiger partial charge in [-0.1, -0.05) is 29.8 Å². The molecule has 0 bridgehead atoms. The van der Waals surface area contributed by atoms with Crippen molar-refractivity contribution in [1.29, 1.82) is 0 Å². The van der Waals surface area contributed by atoms with Crippen LogP contribution in [0.25, 0.3) is 0 Å². The first kappa shape index (κ1) is 19.1. The number of ether oxygens (including phenoxy) is 1. The molecule has 1 aromatic carbocycles. The third kappa shape index (κ3) is 3.33. The number of aliphatic imine (C=N–C) groups is 1. The number of methoxy groups -OCH3 is 1. The molecule has 0 radical (unpaired) electrons. The summed E-state index contributed by atoms with van der Waals surface area (Å²) in [6, 6.07) is 11.4. The number of rotatable bonds is 3. The maximum absolute atomic E-state index is 13.2. The Labute approximate surface area is 172 Å². The van der Waals surface area contributed by atoms with Gasteiger partial charge in [0.1, 0.15) is 5.92 Å². The van der Waals surface area contributed by atoms with Crippen molar-refractivity contribution in [2.24, 2.45) is 10.9 Å². The number of benzene rings is 1. The van der Waals surface area contributed by atoms with Crippen molar-refractivity contribution in [2.75, 3.05) is 7.11 Å². The average Bonchev–Trinajstić information content (AvgIpc) is 3.21. The maximum Gasteiger partial charge on any atom is 0.315 e. The Bertz CT molecular complexity index is 976. The summed E-state index contributed by atoms with van der Waals surface area (Å²) in [5.41, 5.74) is 3.01. The van der Waals surface area contributed by atoms with Gasteiger partial charge in [-0.05, 0) is 42.5 Å². The van der Waals surface area contributed by atoms with E-state index in [0.717, 1.165) is 11.3 Å². The lowest BCUT2D eigenvalue weighted by molar-refractivity contribution is -0.143. The van der Waals surface area contributed by atoms with E-state index in [4.69, 9.17) is 21.3 Å². The molecule has 0 spiro atoms. The molecule has 2 heterocycles. The number of Topliss-reactive ketones (excluding diaryl/α,β-unsaturated/α-hetero) is 1. The van der Waals surface area contributed by atoms with Crippen LogP contribution in [0.1, 0.15) is 42.0 Å². The van der Waals surface area contributed by atoms with Crippen molar-refractivity contribution in [1.82, 2.24) is 0 Å². The molecule has 0 N–H and O–H groups in total. The van der Waals surface area contributed by atoms with Crippen LogP contribution in [0.2, 0.25) is 5.02 Å². The maximum atomic E-state index is 13.2. The Morgan fingerprint density at radius 3 is 2.61 bits per heavy atom. The van der Waals surface area contributed by atoms with E-state index in [1.165, 1.54) is 12.0 Å². The van der Waals surface area contributed by atoms with Gasteiger partial charge >= 0.3 is 5.97 Å². The summed E-state index contributed by atoms with van der Waals surface area (Å²) in [5, 5.41) is 2.64. The number of carbonyl (C=O) groups excluding carboxylic acids is 2. The predicted molar refractivity (Wildman–Crippen MR) is 111 cm³/mol.